The molecule has 3 rings (SSSR count). The summed E-state index contributed by atoms with van der Waals surface area (Å²) < 4.78 is 5.48. The molecule has 0 N–H and O–H groups in total. The number of allylic oxidation sites excluding steroid dienone is 1. The maximum absolute atomic E-state index is 12.4. The Labute approximate surface area is 115 Å². The number of nitrogens with zero attached hydrogens (tertiary/aromatic N) is 1. The topological polar surface area (TPSA) is 43.1 Å². The summed E-state index contributed by atoms with van der Waals surface area (Å²) in [6, 6.07) is 5.69. The Morgan fingerprint density at radius 2 is 2.05 bits per heavy atom. The van der Waals surface area contributed by atoms with Crippen LogP contribution in [-0.4, -0.2) is 10.8 Å². The molecular formula is C15H13NO2S. The molecule has 0 saturated carbocycles. The lowest BCUT2D eigenvalue weighted by Crippen LogP contribution is -1.99. The number of furan rings is 1. The Morgan fingerprint density at radius 1 is 1.26 bits per heavy atom. The normalized spacial score (nSPS) is 16.2. The van der Waals surface area contributed by atoms with Gasteiger partial charge in [0, 0.05) is 5.69 Å². The highest BCUT2D eigenvalue weighted by Crippen LogP contribution is 2.41. The van der Waals surface area contributed by atoms with Crippen LogP contribution in [0.5, 0.6) is 0 Å². The molecule has 2 aromatic heterocycles. The van der Waals surface area contributed by atoms with Gasteiger partial charge in [-0.2, -0.15) is 0 Å². The van der Waals surface area contributed by atoms with Crippen LogP contribution in [0.3, 0.4) is 0 Å². The quantitative estimate of drug-likeness (QED) is 0.737. The first kappa shape index (κ1) is 12.2. The van der Waals surface area contributed by atoms with Crippen LogP contribution in [0.25, 0.3) is 6.08 Å². The van der Waals surface area contributed by atoms with Crippen molar-refractivity contribution in [1.29, 1.82) is 0 Å². The number of aromatic nitrogens is 1. The maximum Gasteiger partial charge on any atom is 0.202 e. The van der Waals surface area contributed by atoms with Crippen molar-refractivity contribution in [2.45, 2.75) is 25.8 Å². The molecule has 0 radical (unpaired) electrons. The van der Waals surface area contributed by atoms with Gasteiger partial charge >= 0.3 is 0 Å². The molecule has 0 unspecified atom stereocenters. The van der Waals surface area contributed by atoms with Crippen molar-refractivity contribution >= 4 is 23.6 Å². The van der Waals surface area contributed by atoms with E-state index in [0.29, 0.717) is 10.7 Å². The Balaban J connectivity index is 2.04. The average molecular weight is 271 g/mol. The number of ketones is 1. The van der Waals surface area contributed by atoms with Gasteiger partial charge in [-0.25, -0.2) is 4.98 Å². The lowest BCUT2D eigenvalue weighted by atomic mass is 10.1. The minimum Gasteiger partial charge on any atom is -0.462 e. The fraction of sp³-hybridized carbons (Fsp3) is 0.200. The highest BCUT2D eigenvalue weighted by atomic mass is 32.2. The van der Waals surface area contributed by atoms with E-state index in [4.69, 9.17) is 4.42 Å². The Kier molecular flexibility index (Phi) is 2.82. The lowest BCUT2D eigenvalue weighted by molar-refractivity contribution is 0.104. The van der Waals surface area contributed by atoms with Crippen molar-refractivity contribution in [3.63, 3.8) is 0 Å². The molecule has 0 atom stereocenters. The van der Waals surface area contributed by atoms with Crippen LogP contribution in [0.1, 0.15) is 33.1 Å². The predicted molar refractivity (Wildman–Crippen MR) is 75.3 cm³/mol. The van der Waals surface area contributed by atoms with E-state index >= 15 is 0 Å². The number of pyridine rings is 1. The summed E-state index contributed by atoms with van der Waals surface area (Å²) in [5, 5.41) is 0.803. The number of hydrogen-bond donors (Lipinski definition) is 0. The summed E-state index contributed by atoms with van der Waals surface area (Å²) in [5.74, 6) is 1.58. The first-order chi connectivity index (χ1) is 9.04. The number of carbonyl (C=O) groups excluding carboxylic acids is 1. The van der Waals surface area contributed by atoms with Crippen LogP contribution >= 0.6 is 11.8 Å². The Hall–Kier alpha value is -1.81. The molecule has 0 aliphatic carbocycles. The van der Waals surface area contributed by atoms with Crippen LogP contribution in [0, 0.1) is 20.8 Å². The van der Waals surface area contributed by atoms with Crippen molar-refractivity contribution in [1.82, 2.24) is 4.98 Å². The molecule has 0 amide bonds. The number of hydrogen-bond acceptors (Lipinski definition) is 4. The number of Topliss-reactive ketones (excluding diaryl/α,β-unsaturated/α-hetero) is 1. The third-order valence-electron chi connectivity index (χ3n) is 3.00. The number of carbonyl (C=O) groups is 1. The van der Waals surface area contributed by atoms with E-state index in [2.05, 4.69) is 4.98 Å². The fourth-order valence-electron chi connectivity index (χ4n) is 2.18. The largest absolute Gasteiger partial charge is 0.462 e. The molecule has 3 heterocycles. The first-order valence-corrected chi connectivity index (χ1v) is 6.85. The predicted octanol–water partition coefficient (Wildman–Crippen LogP) is 3.93. The zero-order valence-electron chi connectivity index (χ0n) is 11.0. The summed E-state index contributed by atoms with van der Waals surface area (Å²) >= 11 is 1.42. The minimum absolute atomic E-state index is 0.0408. The van der Waals surface area contributed by atoms with Gasteiger partial charge in [-0.05, 0) is 50.6 Å². The van der Waals surface area contributed by atoms with Gasteiger partial charge in [0.2, 0.25) is 5.78 Å². The smallest absolute Gasteiger partial charge is 0.202 e. The van der Waals surface area contributed by atoms with E-state index in [1.165, 1.54) is 11.8 Å². The summed E-state index contributed by atoms with van der Waals surface area (Å²) in [6.45, 7) is 5.78. The van der Waals surface area contributed by atoms with Crippen LogP contribution in [0.2, 0.25) is 0 Å². The fourth-order valence-corrected chi connectivity index (χ4v) is 3.31. The van der Waals surface area contributed by atoms with Gasteiger partial charge in [-0.15, -0.1) is 0 Å². The molecule has 2 aromatic rings. The van der Waals surface area contributed by atoms with E-state index in [0.717, 1.165) is 27.6 Å². The summed E-state index contributed by atoms with van der Waals surface area (Å²) in [6.07, 6.45) is 1.79. The number of fused-ring (bicyclic) bond motifs is 1. The van der Waals surface area contributed by atoms with E-state index < -0.39 is 0 Å². The van der Waals surface area contributed by atoms with E-state index in [9.17, 15) is 4.79 Å². The molecular weight excluding hydrogens is 258 g/mol. The van der Waals surface area contributed by atoms with Gasteiger partial charge in [-0.3, -0.25) is 4.79 Å². The Morgan fingerprint density at radius 3 is 2.74 bits per heavy atom. The maximum atomic E-state index is 12.4. The third-order valence-corrected chi connectivity index (χ3v) is 4.02. The number of thioether (sulfide) groups is 1. The second-order valence-electron chi connectivity index (χ2n) is 4.65. The molecule has 19 heavy (non-hydrogen) atoms. The van der Waals surface area contributed by atoms with Crippen molar-refractivity contribution in [3.05, 3.63) is 51.4 Å². The van der Waals surface area contributed by atoms with Gasteiger partial charge in [0.15, 0.2) is 0 Å². The SMILES string of the molecule is Cc1cc(C)c2c(n1)S/C(=C/c1ccc(C)o1)C2=O. The average Bonchev–Trinajstić information content (AvgIpc) is 2.84. The standard InChI is InChI=1S/C15H13NO2S/c1-8-6-9(2)16-15-13(8)14(17)12(19-15)7-11-5-4-10(3)18-11/h4-7H,1-3H3/b12-7+. The summed E-state index contributed by atoms with van der Waals surface area (Å²) in [7, 11) is 0. The monoisotopic (exact) mass is 271 g/mol. The summed E-state index contributed by atoms with van der Waals surface area (Å²) in [5.41, 5.74) is 2.65. The van der Waals surface area contributed by atoms with E-state index in [-0.39, 0.29) is 5.78 Å². The molecule has 3 nitrogen and oxygen atoms in total. The van der Waals surface area contributed by atoms with Crippen LogP contribution in [0.4, 0.5) is 0 Å². The highest BCUT2D eigenvalue weighted by molar-refractivity contribution is 8.04. The van der Waals surface area contributed by atoms with Gasteiger partial charge < -0.3 is 4.42 Å². The van der Waals surface area contributed by atoms with Gasteiger partial charge in [0.05, 0.1) is 10.5 Å². The zero-order valence-corrected chi connectivity index (χ0v) is 11.8. The molecule has 0 saturated heterocycles. The second kappa shape index (κ2) is 4.38. The molecule has 1 aliphatic heterocycles. The summed E-state index contributed by atoms with van der Waals surface area (Å²) in [4.78, 5) is 17.5. The second-order valence-corrected chi connectivity index (χ2v) is 5.68. The minimum atomic E-state index is 0.0408. The van der Waals surface area contributed by atoms with Crippen LogP contribution in [0.15, 0.2) is 32.5 Å². The molecule has 0 bridgehead atoms. The lowest BCUT2D eigenvalue weighted by Gasteiger charge is -2.01. The van der Waals surface area contributed by atoms with Crippen molar-refractivity contribution in [3.8, 4) is 0 Å². The van der Waals surface area contributed by atoms with Crippen LogP contribution in [-0.2, 0) is 0 Å². The zero-order chi connectivity index (χ0) is 13.6. The number of rotatable bonds is 1. The first-order valence-electron chi connectivity index (χ1n) is 6.03. The van der Waals surface area contributed by atoms with E-state index in [1.807, 2.05) is 39.0 Å². The van der Waals surface area contributed by atoms with Gasteiger partial charge in [0.25, 0.3) is 0 Å². The molecule has 4 heteroatoms. The molecule has 1 aliphatic rings. The molecule has 96 valence electrons. The van der Waals surface area contributed by atoms with Crippen molar-refractivity contribution in [2.75, 3.05) is 0 Å². The van der Waals surface area contributed by atoms with Crippen molar-refractivity contribution in [2.24, 2.45) is 0 Å². The third kappa shape index (κ3) is 2.12. The number of aryl methyl sites for hydroxylation is 3. The van der Waals surface area contributed by atoms with Gasteiger partial charge in [-0.1, -0.05) is 11.8 Å². The highest BCUT2D eigenvalue weighted by Gasteiger charge is 2.29. The molecule has 0 spiro atoms. The van der Waals surface area contributed by atoms with Gasteiger partial charge in [0.1, 0.15) is 16.5 Å². The van der Waals surface area contributed by atoms with E-state index in [1.54, 1.807) is 6.08 Å². The molecule has 0 fully saturated rings. The Bertz CT molecular complexity index is 713. The molecule has 0 aromatic carbocycles. The van der Waals surface area contributed by atoms with Crippen molar-refractivity contribution < 1.29 is 9.21 Å². The van der Waals surface area contributed by atoms with Crippen LogP contribution < -0.4 is 0 Å².